The van der Waals surface area contributed by atoms with E-state index in [4.69, 9.17) is 0 Å². The number of hydrogen-bond donors (Lipinski definition) is 0. The van der Waals surface area contributed by atoms with Crippen LogP contribution in [-0.2, 0) is 39.0 Å². The highest BCUT2D eigenvalue weighted by Gasteiger charge is 2.45. The fourth-order valence-corrected chi connectivity index (χ4v) is 6.22. The fourth-order valence-electron chi connectivity index (χ4n) is 4.75. The van der Waals surface area contributed by atoms with Crippen LogP contribution in [0.3, 0.4) is 0 Å². The van der Waals surface area contributed by atoms with Crippen molar-refractivity contribution in [1.29, 1.82) is 0 Å². The average molecular weight is 483 g/mol. The monoisotopic (exact) mass is 482 g/mol. The Balaban J connectivity index is 1.21. The van der Waals surface area contributed by atoms with Gasteiger partial charge in [-0.15, -0.1) is 0 Å². The minimum atomic E-state index is -3.61. The second-order valence-corrected chi connectivity index (χ2v) is 10.8. The van der Waals surface area contributed by atoms with E-state index in [-0.39, 0.29) is 26.3 Å². The SMILES string of the molecule is O=C1C(=O)N(CN2CCN(S(=O)(=O)c3ccc4c(c3)CCC4)CC2)C(=O)N1Cc1ccccc1. The number of imide groups is 2. The van der Waals surface area contributed by atoms with Gasteiger partial charge in [-0.25, -0.2) is 18.1 Å². The van der Waals surface area contributed by atoms with Crippen molar-refractivity contribution in [2.24, 2.45) is 0 Å². The van der Waals surface area contributed by atoms with Crippen molar-refractivity contribution in [2.45, 2.75) is 30.7 Å². The van der Waals surface area contributed by atoms with Crippen molar-refractivity contribution < 1.29 is 22.8 Å². The van der Waals surface area contributed by atoms with Gasteiger partial charge in [0.2, 0.25) is 10.0 Å². The summed E-state index contributed by atoms with van der Waals surface area (Å²) in [5.74, 6) is -1.69. The lowest BCUT2D eigenvalue weighted by molar-refractivity contribution is -0.144. The Bertz CT molecular complexity index is 1240. The Morgan fingerprint density at radius 2 is 1.44 bits per heavy atom. The van der Waals surface area contributed by atoms with Crippen molar-refractivity contribution in [2.75, 3.05) is 32.8 Å². The van der Waals surface area contributed by atoms with Crippen molar-refractivity contribution >= 4 is 27.9 Å². The normalized spacial score (nSPS) is 19.8. The molecule has 4 amide bonds. The summed E-state index contributed by atoms with van der Waals surface area (Å²) in [6.45, 7) is 1.20. The number of piperazine rings is 1. The Labute approximate surface area is 198 Å². The topological polar surface area (TPSA) is 98.3 Å². The van der Waals surface area contributed by atoms with Gasteiger partial charge in [-0.1, -0.05) is 36.4 Å². The molecule has 3 aliphatic rings. The van der Waals surface area contributed by atoms with Crippen LogP contribution in [0.15, 0.2) is 53.4 Å². The molecule has 5 rings (SSSR count). The highest BCUT2D eigenvalue weighted by Crippen LogP contribution is 2.27. The molecule has 0 N–H and O–H groups in total. The number of urea groups is 1. The third kappa shape index (κ3) is 4.13. The number of fused-ring (bicyclic) bond motifs is 1. The molecule has 0 spiro atoms. The van der Waals surface area contributed by atoms with Gasteiger partial charge >= 0.3 is 17.8 Å². The first-order chi connectivity index (χ1) is 16.3. The van der Waals surface area contributed by atoms with Crippen LogP contribution in [0, 0.1) is 0 Å². The molecule has 1 aliphatic carbocycles. The summed E-state index contributed by atoms with van der Waals surface area (Å²) < 4.78 is 27.7. The van der Waals surface area contributed by atoms with Gasteiger partial charge in [-0.05, 0) is 48.1 Å². The van der Waals surface area contributed by atoms with Crippen LogP contribution in [0.2, 0.25) is 0 Å². The Hall–Kier alpha value is -3.08. The minimum absolute atomic E-state index is 0.0353. The van der Waals surface area contributed by atoms with Crippen LogP contribution < -0.4 is 0 Å². The molecular weight excluding hydrogens is 456 g/mol. The van der Waals surface area contributed by atoms with Gasteiger partial charge in [0.05, 0.1) is 18.1 Å². The molecule has 2 aliphatic heterocycles. The van der Waals surface area contributed by atoms with E-state index in [1.165, 1.54) is 9.87 Å². The van der Waals surface area contributed by atoms with Crippen molar-refractivity contribution in [3.05, 3.63) is 65.2 Å². The van der Waals surface area contributed by atoms with Crippen LogP contribution in [0.4, 0.5) is 4.79 Å². The number of rotatable bonds is 6. The summed E-state index contributed by atoms with van der Waals surface area (Å²) in [7, 11) is -3.61. The molecule has 0 aromatic heterocycles. The predicted octanol–water partition coefficient (Wildman–Crippen LogP) is 1.43. The van der Waals surface area contributed by atoms with E-state index in [0.717, 1.165) is 40.2 Å². The largest absolute Gasteiger partial charge is 0.335 e. The molecule has 0 atom stereocenters. The first-order valence-corrected chi connectivity index (χ1v) is 12.8. The molecule has 178 valence electrons. The number of amides is 4. The highest BCUT2D eigenvalue weighted by atomic mass is 32.2. The lowest BCUT2D eigenvalue weighted by Crippen LogP contribution is -2.52. The third-order valence-electron chi connectivity index (χ3n) is 6.70. The summed E-state index contributed by atoms with van der Waals surface area (Å²) in [6.07, 6.45) is 2.95. The molecule has 34 heavy (non-hydrogen) atoms. The zero-order valence-corrected chi connectivity index (χ0v) is 19.5. The lowest BCUT2D eigenvalue weighted by atomic mass is 10.1. The molecule has 0 bridgehead atoms. The van der Waals surface area contributed by atoms with Gasteiger partial charge in [-0.3, -0.25) is 19.4 Å². The number of benzene rings is 2. The van der Waals surface area contributed by atoms with Crippen molar-refractivity contribution in [3.63, 3.8) is 0 Å². The molecular formula is C24H26N4O5S. The Morgan fingerprint density at radius 3 is 2.18 bits per heavy atom. The number of nitrogens with zero attached hydrogens (tertiary/aromatic N) is 4. The first-order valence-electron chi connectivity index (χ1n) is 11.4. The first kappa shape index (κ1) is 22.7. The number of sulfonamides is 1. The quantitative estimate of drug-likeness (QED) is 0.456. The van der Waals surface area contributed by atoms with Crippen LogP contribution in [0.1, 0.15) is 23.1 Å². The zero-order chi connectivity index (χ0) is 23.9. The number of aryl methyl sites for hydroxylation is 2. The highest BCUT2D eigenvalue weighted by molar-refractivity contribution is 7.89. The van der Waals surface area contributed by atoms with Gasteiger partial charge in [-0.2, -0.15) is 4.31 Å². The molecule has 10 heteroatoms. The smallest absolute Gasteiger partial charge is 0.283 e. The van der Waals surface area contributed by atoms with E-state index in [1.807, 2.05) is 17.0 Å². The molecule has 0 saturated carbocycles. The van der Waals surface area contributed by atoms with Crippen molar-refractivity contribution in [3.8, 4) is 0 Å². The summed E-state index contributed by atoms with van der Waals surface area (Å²) in [5.41, 5.74) is 3.08. The van der Waals surface area contributed by atoms with E-state index in [2.05, 4.69) is 0 Å². The number of carbonyl (C=O) groups excluding carboxylic acids is 3. The fraction of sp³-hybridized carbons (Fsp3) is 0.375. The summed E-state index contributed by atoms with van der Waals surface area (Å²) in [4.78, 5) is 41.7. The maximum Gasteiger partial charge on any atom is 0.335 e. The van der Waals surface area contributed by atoms with Crippen LogP contribution >= 0.6 is 0 Å². The minimum Gasteiger partial charge on any atom is -0.283 e. The molecule has 2 aromatic carbocycles. The van der Waals surface area contributed by atoms with Gasteiger partial charge in [0.15, 0.2) is 0 Å². The molecule has 2 saturated heterocycles. The van der Waals surface area contributed by atoms with E-state index in [0.29, 0.717) is 18.0 Å². The molecule has 9 nitrogen and oxygen atoms in total. The second-order valence-electron chi connectivity index (χ2n) is 8.84. The van der Waals surface area contributed by atoms with Crippen molar-refractivity contribution in [1.82, 2.24) is 19.0 Å². The van der Waals surface area contributed by atoms with Gasteiger partial charge in [0.25, 0.3) is 0 Å². The molecule has 2 fully saturated rings. The maximum absolute atomic E-state index is 13.1. The van der Waals surface area contributed by atoms with E-state index in [1.54, 1.807) is 36.4 Å². The molecule has 0 radical (unpaired) electrons. The number of carbonyl (C=O) groups is 3. The van der Waals surface area contributed by atoms with Crippen LogP contribution in [-0.4, -0.2) is 78.1 Å². The van der Waals surface area contributed by atoms with E-state index >= 15 is 0 Å². The Morgan fingerprint density at radius 1 is 0.765 bits per heavy atom. The summed E-state index contributed by atoms with van der Waals surface area (Å²) in [5, 5.41) is 0. The summed E-state index contributed by atoms with van der Waals surface area (Å²) >= 11 is 0. The van der Waals surface area contributed by atoms with E-state index in [9.17, 15) is 22.8 Å². The zero-order valence-electron chi connectivity index (χ0n) is 18.7. The van der Waals surface area contributed by atoms with E-state index < -0.39 is 27.9 Å². The maximum atomic E-state index is 13.1. The second kappa shape index (κ2) is 8.94. The third-order valence-corrected chi connectivity index (χ3v) is 8.59. The predicted molar refractivity (Wildman–Crippen MR) is 123 cm³/mol. The van der Waals surface area contributed by atoms with Gasteiger partial charge in [0.1, 0.15) is 0 Å². The molecule has 2 aromatic rings. The molecule has 2 heterocycles. The van der Waals surface area contributed by atoms with Gasteiger partial charge < -0.3 is 0 Å². The van der Waals surface area contributed by atoms with Crippen LogP contribution in [0.25, 0.3) is 0 Å². The van der Waals surface area contributed by atoms with Crippen LogP contribution in [0.5, 0.6) is 0 Å². The lowest BCUT2D eigenvalue weighted by Gasteiger charge is -2.35. The summed E-state index contributed by atoms with van der Waals surface area (Å²) in [6, 6.07) is 13.7. The van der Waals surface area contributed by atoms with Gasteiger partial charge in [0, 0.05) is 26.2 Å². The average Bonchev–Trinajstić information content (AvgIpc) is 3.40. The Kier molecular flexibility index (Phi) is 5.97. The standard InChI is InChI=1S/C24H26N4O5S/c29-22-23(30)28(24(31)27(22)16-18-5-2-1-3-6-18)17-25-11-13-26(14-12-25)34(32,33)21-10-9-19-7-4-8-20(19)15-21/h1-3,5-6,9-10,15H,4,7-8,11-14,16-17H2. The molecule has 0 unspecified atom stereocenters. The number of hydrogen-bond acceptors (Lipinski definition) is 6.